The molecule has 0 atom stereocenters. The summed E-state index contributed by atoms with van der Waals surface area (Å²) in [5.74, 6) is 1.52. The van der Waals surface area contributed by atoms with Crippen molar-refractivity contribution in [3.05, 3.63) is 30.6 Å². The van der Waals surface area contributed by atoms with E-state index in [1.54, 1.807) is 18.2 Å². The third kappa shape index (κ3) is 3.54. The SMILES string of the molecule is COc1cc(NC(=O)Nc2ncccn2)cc(OC)c1OC. The molecule has 0 aliphatic heterocycles. The predicted molar refractivity (Wildman–Crippen MR) is 80.8 cm³/mol. The molecule has 0 saturated carbocycles. The summed E-state index contributed by atoms with van der Waals surface area (Å²) in [6.45, 7) is 0. The maximum absolute atomic E-state index is 11.9. The molecule has 2 aromatic rings. The van der Waals surface area contributed by atoms with Gasteiger partial charge in [-0.1, -0.05) is 0 Å². The van der Waals surface area contributed by atoms with Crippen molar-refractivity contribution in [3.63, 3.8) is 0 Å². The topological polar surface area (TPSA) is 94.6 Å². The molecule has 0 bridgehead atoms. The molecular weight excluding hydrogens is 288 g/mol. The first-order chi connectivity index (χ1) is 10.7. The van der Waals surface area contributed by atoms with Crippen molar-refractivity contribution in [3.8, 4) is 17.2 Å². The summed E-state index contributed by atoms with van der Waals surface area (Å²) >= 11 is 0. The van der Waals surface area contributed by atoms with Crippen molar-refractivity contribution >= 4 is 17.7 Å². The van der Waals surface area contributed by atoms with E-state index in [-0.39, 0.29) is 5.95 Å². The highest BCUT2D eigenvalue weighted by Crippen LogP contribution is 2.39. The van der Waals surface area contributed by atoms with Crippen molar-refractivity contribution in [2.24, 2.45) is 0 Å². The number of nitrogens with zero attached hydrogens (tertiary/aromatic N) is 2. The third-order valence-corrected chi connectivity index (χ3v) is 2.71. The fourth-order valence-electron chi connectivity index (χ4n) is 1.78. The lowest BCUT2D eigenvalue weighted by Crippen LogP contribution is -2.20. The zero-order valence-electron chi connectivity index (χ0n) is 12.4. The van der Waals surface area contributed by atoms with E-state index in [2.05, 4.69) is 20.6 Å². The molecule has 22 heavy (non-hydrogen) atoms. The van der Waals surface area contributed by atoms with Gasteiger partial charge in [-0.25, -0.2) is 14.8 Å². The van der Waals surface area contributed by atoms with Crippen LogP contribution in [0, 0.1) is 0 Å². The fraction of sp³-hybridized carbons (Fsp3) is 0.214. The van der Waals surface area contributed by atoms with E-state index in [9.17, 15) is 4.79 Å². The first-order valence-electron chi connectivity index (χ1n) is 6.33. The monoisotopic (exact) mass is 304 g/mol. The van der Waals surface area contributed by atoms with E-state index in [4.69, 9.17) is 14.2 Å². The van der Waals surface area contributed by atoms with Gasteiger partial charge in [0.05, 0.1) is 27.0 Å². The molecule has 0 aliphatic carbocycles. The Morgan fingerprint density at radius 3 is 2.05 bits per heavy atom. The number of carbonyl (C=O) groups is 1. The molecule has 8 heteroatoms. The summed E-state index contributed by atoms with van der Waals surface area (Å²) in [4.78, 5) is 19.7. The zero-order valence-corrected chi connectivity index (χ0v) is 12.4. The Hall–Kier alpha value is -3.03. The average molecular weight is 304 g/mol. The van der Waals surface area contributed by atoms with E-state index in [1.807, 2.05) is 0 Å². The lowest BCUT2D eigenvalue weighted by atomic mass is 10.2. The standard InChI is InChI=1S/C14H16N4O4/c1-20-10-7-9(8-11(21-2)12(10)22-3)17-14(19)18-13-15-5-4-6-16-13/h4-8H,1-3H3,(H2,15,16,17,18,19). The second kappa shape index (κ2) is 7.11. The Morgan fingerprint density at radius 2 is 1.55 bits per heavy atom. The van der Waals surface area contributed by atoms with Gasteiger partial charge in [-0.05, 0) is 6.07 Å². The summed E-state index contributed by atoms with van der Waals surface area (Å²) < 4.78 is 15.7. The minimum atomic E-state index is -0.486. The number of anilines is 2. The molecule has 1 aromatic heterocycles. The maximum atomic E-state index is 11.9. The number of aromatic nitrogens is 2. The van der Waals surface area contributed by atoms with Gasteiger partial charge in [-0.15, -0.1) is 0 Å². The first-order valence-corrected chi connectivity index (χ1v) is 6.33. The number of rotatable bonds is 5. The molecule has 0 fully saturated rings. The van der Waals surface area contributed by atoms with Gasteiger partial charge in [0.15, 0.2) is 11.5 Å². The Bertz CT molecular complexity index is 624. The van der Waals surface area contributed by atoms with Crippen LogP contribution in [0.2, 0.25) is 0 Å². The molecule has 2 amide bonds. The molecule has 2 rings (SSSR count). The summed E-state index contributed by atoms with van der Waals surface area (Å²) in [6, 6.07) is 4.41. The lowest BCUT2D eigenvalue weighted by molar-refractivity contribution is 0.262. The van der Waals surface area contributed by atoms with E-state index in [0.29, 0.717) is 22.9 Å². The van der Waals surface area contributed by atoms with Gasteiger partial charge in [0, 0.05) is 24.5 Å². The van der Waals surface area contributed by atoms with Crippen LogP contribution in [-0.2, 0) is 0 Å². The lowest BCUT2D eigenvalue weighted by Gasteiger charge is -2.14. The Morgan fingerprint density at radius 1 is 0.955 bits per heavy atom. The quantitative estimate of drug-likeness (QED) is 0.879. The zero-order chi connectivity index (χ0) is 15.9. The van der Waals surface area contributed by atoms with Gasteiger partial charge >= 0.3 is 6.03 Å². The van der Waals surface area contributed by atoms with Gasteiger partial charge in [-0.3, -0.25) is 5.32 Å². The van der Waals surface area contributed by atoms with Crippen molar-refractivity contribution in [1.29, 1.82) is 0 Å². The van der Waals surface area contributed by atoms with E-state index >= 15 is 0 Å². The van der Waals surface area contributed by atoms with E-state index in [1.165, 1.54) is 33.7 Å². The second-order valence-electron chi connectivity index (χ2n) is 4.07. The molecule has 0 aliphatic rings. The van der Waals surface area contributed by atoms with Crippen LogP contribution >= 0.6 is 0 Å². The third-order valence-electron chi connectivity index (χ3n) is 2.71. The molecule has 1 heterocycles. The summed E-state index contributed by atoms with van der Waals surface area (Å²) in [7, 11) is 4.50. The van der Waals surface area contributed by atoms with Gasteiger partial charge in [0.25, 0.3) is 0 Å². The van der Waals surface area contributed by atoms with Crippen LogP contribution in [-0.4, -0.2) is 37.3 Å². The number of methoxy groups -OCH3 is 3. The predicted octanol–water partition coefficient (Wildman–Crippen LogP) is 2.15. The second-order valence-corrected chi connectivity index (χ2v) is 4.07. The van der Waals surface area contributed by atoms with E-state index in [0.717, 1.165) is 0 Å². The van der Waals surface area contributed by atoms with Crippen LogP contribution in [0.4, 0.5) is 16.4 Å². The largest absolute Gasteiger partial charge is 0.493 e. The number of hydrogen-bond donors (Lipinski definition) is 2. The fourth-order valence-corrected chi connectivity index (χ4v) is 1.78. The molecule has 2 N–H and O–H groups in total. The van der Waals surface area contributed by atoms with Gasteiger partial charge in [0.2, 0.25) is 11.7 Å². The highest BCUT2D eigenvalue weighted by molar-refractivity contribution is 5.99. The van der Waals surface area contributed by atoms with Crippen LogP contribution in [0.15, 0.2) is 30.6 Å². The Kier molecular flexibility index (Phi) is 4.97. The minimum absolute atomic E-state index is 0.201. The van der Waals surface area contributed by atoms with Crippen molar-refractivity contribution in [2.45, 2.75) is 0 Å². The Labute approximate surface area is 127 Å². The van der Waals surface area contributed by atoms with Gasteiger partial charge in [-0.2, -0.15) is 0 Å². The molecule has 116 valence electrons. The molecule has 0 radical (unpaired) electrons. The molecule has 0 saturated heterocycles. The number of urea groups is 1. The number of carbonyl (C=O) groups excluding carboxylic acids is 1. The molecule has 1 aromatic carbocycles. The summed E-state index contributed by atoms with van der Waals surface area (Å²) in [5.41, 5.74) is 0.475. The number of benzene rings is 1. The van der Waals surface area contributed by atoms with Crippen molar-refractivity contribution in [2.75, 3.05) is 32.0 Å². The number of amides is 2. The highest BCUT2D eigenvalue weighted by Gasteiger charge is 2.14. The molecular formula is C14H16N4O4. The van der Waals surface area contributed by atoms with E-state index < -0.39 is 6.03 Å². The Balaban J connectivity index is 2.17. The van der Waals surface area contributed by atoms with Crippen LogP contribution in [0.1, 0.15) is 0 Å². The van der Waals surface area contributed by atoms with Crippen LogP contribution in [0.3, 0.4) is 0 Å². The highest BCUT2D eigenvalue weighted by atomic mass is 16.5. The van der Waals surface area contributed by atoms with Crippen molar-refractivity contribution < 1.29 is 19.0 Å². The summed E-state index contributed by atoms with van der Waals surface area (Å²) in [5, 5.41) is 5.15. The van der Waals surface area contributed by atoms with Crippen LogP contribution in [0.25, 0.3) is 0 Å². The number of hydrogen-bond acceptors (Lipinski definition) is 6. The van der Waals surface area contributed by atoms with Gasteiger partial charge < -0.3 is 19.5 Å². The molecule has 0 spiro atoms. The van der Waals surface area contributed by atoms with Gasteiger partial charge in [0.1, 0.15) is 0 Å². The van der Waals surface area contributed by atoms with Crippen LogP contribution < -0.4 is 24.8 Å². The maximum Gasteiger partial charge on any atom is 0.326 e. The molecule has 0 unspecified atom stereocenters. The normalized spacial score (nSPS) is 9.77. The van der Waals surface area contributed by atoms with Crippen LogP contribution in [0.5, 0.6) is 17.2 Å². The average Bonchev–Trinajstić information content (AvgIpc) is 2.54. The van der Waals surface area contributed by atoms with Crippen molar-refractivity contribution in [1.82, 2.24) is 9.97 Å². The first kappa shape index (κ1) is 15.4. The summed E-state index contributed by atoms with van der Waals surface area (Å²) in [6.07, 6.45) is 3.06. The smallest absolute Gasteiger partial charge is 0.326 e. The molecule has 8 nitrogen and oxygen atoms in total. The minimum Gasteiger partial charge on any atom is -0.493 e. The number of nitrogens with one attached hydrogen (secondary N) is 2. The number of ether oxygens (including phenoxy) is 3.